The third kappa shape index (κ3) is 2.93. The Kier molecular flexibility index (Phi) is 3.58. The summed E-state index contributed by atoms with van der Waals surface area (Å²) in [6.45, 7) is 3.85. The van der Waals surface area contributed by atoms with Crippen LogP contribution in [0.2, 0.25) is 0 Å². The molecule has 1 N–H and O–H groups in total. The highest BCUT2D eigenvalue weighted by Crippen LogP contribution is 2.14. The Balaban J connectivity index is 1.60. The predicted molar refractivity (Wildman–Crippen MR) is 50.8 cm³/mol. The fourth-order valence-electron chi connectivity index (χ4n) is 1.95. The summed E-state index contributed by atoms with van der Waals surface area (Å²) in [6.07, 6.45) is 5.67. The van der Waals surface area contributed by atoms with E-state index in [1.807, 2.05) is 0 Å². The van der Waals surface area contributed by atoms with E-state index in [4.69, 9.17) is 9.47 Å². The molecule has 76 valence electrons. The highest BCUT2D eigenvalue weighted by molar-refractivity contribution is 4.72. The van der Waals surface area contributed by atoms with Crippen LogP contribution < -0.4 is 5.32 Å². The zero-order chi connectivity index (χ0) is 8.93. The first-order chi connectivity index (χ1) is 6.45. The van der Waals surface area contributed by atoms with Gasteiger partial charge in [0.15, 0.2) is 0 Å². The number of hydrogen-bond donors (Lipinski definition) is 1. The number of rotatable bonds is 3. The normalized spacial score (nSPS) is 35.1. The minimum atomic E-state index is 0.370. The number of hydrogen-bond acceptors (Lipinski definition) is 3. The van der Waals surface area contributed by atoms with Crippen molar-refractivity contribution in [2.24, 2.45) is 0 Å². The molecule has 0 radical (unpaired) electrons. The summed E-state index contributed by atoms with van der Waals surface area (Å²) in [5.41, 5.74) is 0. The van der Waals surface area contributed by atoms with E-state index in [9.17, 15) is 0 Å². The molecule has 2 aliphatic heterocycles. The summed E-state index contributed by atoms with van der Waals surface area (Å²) in [5, 5.41) is 3.29. The van der Waals surface area contributed by atoms with Crippen molar-refractivity contribution in [1.29, 1.82) is 0 Å². The Hall–Kier alpha value is -0.120. The van der Waals surface area contributed by atoms with Crippen LogP contribution in [0.25, 0.3) is 0 Å². The van der Waals surface area contributed by atoms with Gasteiger partial charge in [-0.3, -0.25) is 0 Å². The SMILES string of the molecule is C1CCC(COC2CCNC2)OC1. The van der Waals surface area contributed by atoms with Gasteiger partial charge in [0, 0.05) is 13.2 Å². The zero-order valence-electron chi connectivity index (χ0n) is 8.13. The molecule has 2 atom stereocenters. The second-order valence-electron chi connectivity index (χ2n) is 3.94. The van der Waals surface area contributed by atoms with Crippen LogP contribution >= 0.6 is 0 Å². The summed E-state index contributed by atoms with van der Waals surface area (Å²) in [4.78, 5) is 0. The fraction of sp³-hybridized carbons (Fsp3) is 1.00. The minimum Gasteiger partial charge on any atom is -0.376 e. The fourth-order valence-corrected chi connectivity index (χ4v) is 1.95. The van der Waals surface area contributed by atoms with E-state index in [-0.39, 0.29) is 0 Å². The highest BCUT2D eigenvalue weighted by atomic mass is 16.5. The Morgan fingerprint density at radius 2 is 2.31 bits per heavy atom. The summed E-state index contributed by atoms with van der Waals surface area (Å²) in [6, 6.07) is 0. The lowest BCUT2D eigenvalue weighted by molar-refractivity contribution is -0.0584. The van der Waals surface area contributed by atoms with E-state index in [1.165, 1.54) is 19.3 Å². The molecule has 2 fully saturated rings. The standard InChI is InChI=1S/C10H19NO2/c1-2-6-12-10(3-1)8-13-9-4-5-11-7-9/h9-11H,1-8H2. The Bertz CT molecular complexity index is 140. The van der Waals surface area contributed by atoms with Crippen LogP contribution in [-0.4, -0.2) is 38.5 Å². The lowest BCUT2D eigenvalue weighted by Gasteiger charge is -2.23. The van der Waals surface area contributed by atoms with E-state index < -0.39 is 0 Å². The van der Waals surface area contributed by atoms with E-state index in [1.54, 1.807) is 0 Å². The second-order valence-corrected chi connectivity index (χ2v) is 3.94. The lowest BCUT2D eigenvalue weighted by Crippen LogP contribution is -2.28. The molecule has 0 aromatic carbocycles. The molecule has 0 aromatic heterocycles. The van der Waals surface area contributed by atoms with Gasteiger partial charge in [0.05, 0.1) is 18.8 Å². The molecule has 0 amide bonds. The molecular formula is C10H19NO2. The van der Waals surface area contributed by atoms with Gasteiger partial charge in [-0.15, -0.1) is 0 Å². The molecule has 2 heterocycles. The van der Waals surface area contributed by atoms with Gasteiger partial charge in [-0.2, -0.15) is 0 Å². The molecule has 13 heavy (non-hydrogen) atoms. The van der Waals surface area contributed by atoms with Gasteiger partial charge >= 0.3 is 0 Å². The molecule has 0 aromatic rings. The van der Waals surface area contributed by atoms with Crippen LogP contribution in [0, 0.1) is 0 Å². The maximum atomic E-state index is 5.75. The van der Waals surface area contributed by atoms with Crippen molar-refractivity contribution in [2.75, 3.05) is 26.3 Å². The molecule has 2 rings (SSSR count). The molecular weight excluding hydrogens is 166 g/mol. The quantitative estimate of drug-likeness (QED) is 0.709. The molecule has 0 saturated carbocycles. The first-order valence-electron chi connectivity index (χ1n) is 5.39. The van der Waals surface area contributed by atoms with Gasteiger partial charge in [-0.25, -0.2) is 0 Å². The summed E-state index contributed by atoms with van der Waals surface area (Å²) in [5.74, 6) is 0. The average molecular weight is 185 g/mol. The van der Waals surface area contributed by atoms with Crippen molar-refractivity contribution in [1.82, 2.24) is 5.32 Å². The highest BCUT2D eigenvalue weighted by Gasteiger charge is 2.19. The van der Waals surface area contributed by atoms with Gasteiger partial charge in [-0.05, 0) is 32.2 Å². The molecule has 2 aliphatic rings. The van der Waals surface area contributed by atoms with Gasteiger partial charge in [0.1, 0.15) is 0 Å². The average Bonchev–Trinajstić information content (AvgIpc) is 2.69. The van der Waals surface area contributed by atoms with Crippen LogP contribution in [0.1, 0.15) is 25.7 Å². The minimum absolute atomic E-state index is 0.370. The molecule has 3 heteroatoms. The number of ether oxygens (including phenoxy) is 2. The monoisotopic (exact) mass is 185 g/mol. The zero-order valence-corrected chi connectivity index (χ0v) is 8.13. The first-order valence-corrected chi connectivity index (χ1v) is 5.39. The van der Waals surface area contributed by atoms with E-state index in [0.29, 0.717) is 12.2 Å². The topological polar surface area (TPSA) is 30.5 Å². The van der Waals surface area contributed by atoms with Gasteiger partial charge in [0.25, 0.3) is 0 Å². The van der Waals surface area contributed by atoms with Crippen molar-refractivity contribution in [2.45, 2.75) is 37.9 Å². The third-order valence-corrected chi connectivity index (χ3v) is 2.81. The molecule has 0 aliphatic carbocycles. The third-order valence-electron chi connectivity index (χ3n) is 2.81. The Labute approximate surface area is 79.8 Å². The van der Waals surface area contributed by atoms with Crippen LogP contribution in [0.15, 0.2) is 0 Å². The molecule has 3 nitrogen and oxygen atoms in total. The summed E-state index contributed by atoms with van der Waals surface area (Å²) >= 11 is 0. The predicted octanol–water partition coefficient (Wildman–Crippen LogP) is 0.934. The molecule has 2 unspecified atom stereocenters. The van der Waals surface area contributed by atoms with Crippen molar-refractivity contribution in [3.8, 4) is 0 Å². The van der Waals surface area contributed by atoms with Crippen LogP contribution in [0.4, 0.5) is 0 Å². The van der Waals surface area contributed by atoms with Crippen molar-refractivity contribution in [3.05, 3.63) is 0 Å². The molecule has 0 bridgehead atoms. The van der Waals surface area contributed by atoms with E-state index in [0.717, 1.165) is 32.7 Å². The van der Waals surface area contributed by atoms with Gasteiger partial charge < -0.3 is 14.8 Å². The smallest absolute Gasteiger partial charge is 0.0808 e. The summed E-state index contributed by atoms with van der Waals surface area (Å²) in [7, 11) is 0. The molecule has 2 saturated heterocycles. The van der Waals surface area contributed by atoms with Crippen LogP contribution in [0.3, 0.4) is 0 Å². The van der Waals surface area contributed by atoms with Crippen LogP contribution in [0.5, 0.6) is 0 Å². The maximum Gasteiger partial charge on any atom is 0.0808 e. The van der Waals surface area contributed by atoms with Crippen molar-refractivity contribution in [3.63, 3.8) is 0 Å². The Morgan fingerprint density at radius 3 is 3.00 bits per heavy atom. The first kappa shape index (κ1) is 9.44. The largest absolute Gasteiger partial charge is 0.376 e. The van der Waals surface area contributed by atoms with Gasteiger partial charge in [0.2, 0.25) is 0 Å². The summed E-state index contributed by atoms with van der Waals surface area (Å²) < 4.78 is 11.3. The van der Waals surface area contributed by atoms with E-state index >= 15 is 0 Å². The Morgan fingerprint density at radius 1 is 1.31 bits per heavy atom. The van der Waals surface area contributed by atoms with Crippen molar-refractivity contribution >= 4 is 0 Å². The second kappa shape index (κ2) is 4.94. The van der Waals surface area contributed by atoms with Crippen molar-refractivity contribution < 1.29 is 9.47 Å². The maximum absolute atomic E-state index is 5.75. The van der Waals surface area contributed by atoms with E-state index in [2.05, 4.69) is 5.32 Å². The van der Waals surface area contributed by atoms with Crippen LogP contribution in [-0.2, 0) is 9.47 Å². The lowest BCUT2D eigenvalue weighted by atomic mass is 10.1. The number of nitrogens with one attached hydrogen (secondary N) is 1. The molecule has 0 spiro atoms. The van der Waals surface area contributed by atoms with Gasteiger partial charge in [-0.1, -0.05) is 0 Å².